The van der Waals surface area contributed by atoms with Gasteiger partial charge in [0.15, 0.2) is 0 Å². The van der Waals surface area contributed by atoms with Crippen molar-refractivity contribution in [1.29, 1.82) is 0 Å². The number of rotatable bonds is 17. The van der Waals surface area contributed by atoms with E-state index in [0.29, 0.717) is 94.0 Å². The molecular formula is C48H44Cl2F2N12O6. The van der Waals surface area contributed by atoms with Gasteiger partial charge >= 0.3 is 0 Å². The van der Waals surface area contributed by atoms with Crippen LogP contribution in [0.2, 0.25) is 5.02 Å². The maximum atomic E-state index is 14.9. The molecule has 0 spiro atoms. The second kappa shape index (κ2) is 21.8. The molecule has 3 aliphatic heterocycles. The summed E-state index contributed by atoms with van der Waals surface area (Å²) < 4.78 is 37.2. The van der Waals surface area contributed by atoms with E-state index in [0.717, 1.165) is 0 Å². The minimum absolute atomic E-state index is 0. The summed E-state index contributed by atoms with van der Waals surface area (Å²) >= 11 is 6.35. The SMILES string of the molecule is Cl.O=C1CCC(N2Cc3c(NC(=O)CCNCCOCCn4cc(CNC(=O)c5ccc(Nc6ncc7c(n6)-c6ccc(Cl)cc6C(c6c(F)cccc6F)=NC7)cc5)nn4)cccc3C2=O)C(=O)N1. The van der Waals surface area contributed by atoms with Crippen molar-refractivity contribution in [3.05, 3.63) is 147 Å². The standard InChI is InChI=1S/C48H43ClF2N12O6.ClH/c49-29-9-12-32-34(21-29)44(42-36(50)4-2-5-37(42)51)53-22-28-23-55-48(59-43(28)32)56-30-10-7-27(8-11-30)45(66)54-24-31-25-62(61-60-31)18-20-69-19-17-52-16-15-41(65)57-38-6-1-3-33-35(38)26-63(47(33)68)39-13-14-40(64)58-46(39)67;/h1-12,21,23,25,39,52H,13-20,22,24,26H2,(H,54,66)(H,57,65)(H,55,56,59)(H,58,64,67);1H. The summed E-state index contributed by atoms with van der Waals surface area (Å²) in [5.74, 6) is -2.95. The van der Waals surface area contributed by atoms with Gasteiger partial charge in [-0.2, -0.15) is 0 Å². The number of amides is 5. The zero-order valence-electron chi connectivity index (χ0n) is 37.1. The summed E-state index contributed by atoms with van der Waals surface area (Å²) in [7, 11) is 0. The lowest BCUT2D eigenvalue weighted by Crippen LogP contribution is -2.52. The number of nitrogens with one attached hydrogen (secondary N) is 5. The van der Waals surface area contributed by atoms with Crippen LogP contribution in [0.4, 0.5) is 26.1 Å². The monoisotopic (exact) mass is 992 g/mol. The van der Waals surface area contributed by atoms with E-state index in [1.807, 2.05) is 0 Å². The Morgan fingerprint density at radius 1 is 0.929 bits per heavy atom. The van der Waals surface area contributed by atoms with Gasteiger partial charge in [-0.25, -0.2) is 23.4 Å². The third-order valence-electron chi connectivity index (χ3n) is 11.7. The van der Waals surface area contributed by atoms with E-state index in [1.165, 1.54) is 23.1 Å². The summed E-state index contributed by atoms with van der Waals surface area (Å²) in [6.07, 6.45) is 3.92. The normalized spacial score (nSPS) is 14.9. The molecule has 5 amide bonds. The Bertz CT molecular complexity index is 3010. The van der Waals surface area contributed by atoms with E-state index in [4.69, 9.17) is 21.3 Å². The van der Waals surface area contributed by atoms with Gasteiger partial charge in [0, 0.05) is 88.5 Å². The van der Waals surface area contributed by atoms with E-state index < -0.39 is 23.6 Å². The Kier molecular flexibility index (Phi) is 15.3. The molecule has 18 nitrogen and oxygen atoms in total. The number of carbonyl (C=O) groups is 5. The number of benzene rings is 4. The number of piperidine rings is 1. The van der Waals surface area contributed by atoms with Gasteiger partial charge in [-0.3, -0.25) is 34.3 Å². The van der Waals surface area contributed by atoms with Crippen molar-refractivity contribution in [1.82, 2.24) is 45.8 Å². The molecule has 3 aliphatic rings. The molecule has 22 heteroatoms. The first-order valence-corrected chi connectivity index (χ1v) is 22.4. The Labute approximate surface area is 410 Å². The molecule has 5 N–H and O–H groups in total. The highest BCUT2D eigenvalue weighted by atomic mass is 35.5. The average Bonchev–Trinajstić information content (AvgIpc) is 3.90. The number of carbonyl (C=O) groups excluding carboxylic acids is 5. The van der Waals surface area contributed by atoms with Gasteiger partial charge in [-0.15, -0.1) is 17.5 Å². The summed E-state index contributed by atoms with van der Waals surface area (Å²) in [4.78, 5) is 78.0. The van der Waals surface area contributed by atoms with E-state index in [2.05, 4.69) is 46.9 Å². The van der Waals surface area contributed by atoms with Gasteiger partial charge < -0.3 is 30.9 Å². The summed E-state index contributed by atoms with van der Waals surface area (Å²) in [5.41, 5.74) is 5.21. The molecule has 1 saturated heterocycles. The van der Waals surface area contributed by atoms with Gasteiger partial charge in [0.2, 0.25) is 23.7 Å². The van der Waals surface area contributed by atoms with Crippen molar-refractivity contribution in [2.75, 3.05) is 36.9 Å². The smallest absolute Gasteiger partial charge is 0.255 e. The van der Waals surface area contributed by atoms with E-state index in [1.54, 1.807) is 77.7 Å². The van der Waals surface area contributed by atoms with Crippen molar-refractivity contribution in [3.8, 4) is 11.3 Å². The van der Waals surface area contributed by atoms with Gasteiger partial charge in [0.1, 0.15) is 23.4 Å². The number of nitrogens with zero attached hydrogens (tertiary/aromatic N) is 7. The predicted molar refractivity (Wildman–Crippen MR) is 256 cm³/mol. The lowest BCUT2D eigenvalue weighted by molar-refractivity contribution is -0.137. The number of aliphatic imine (C=N–C) groups is 1. The Morgan fingerprint density at radius 3 is 2.53 bits per heavy atom. The maximum absolute atomic E-state index is 14.9. The second-order valence-electron chi connectivity index (χ2n) is 16.3. The molecule has 9 rings (SSSR count). The summed E-state index contributed by atoms with van der Waals surface area (Å²) in [6, 6.07) is 19.7. The van der Waals surface area contributed by atoms with E-state index in [-0.39, 0.29) is 92.2 Å². The predicted octanol–water partition coefficient (Wildman–Crippen LogP) is 5.51. The molecule has 6 aromatic rings. The van der Waals surface area contributed by atoms with Crippen LogP contribution in [0.3, 0.4) is 0 Å². The topological polar surface area (TPSA) is 227 Å². The highest BCUT2D eigenvalue weighted by Gasteiger charge is 2.40. The second-order valence-corrected chi connectivity index (χ2v) is 16.7. The lowest BCUT2D eigenvalue weighted by Gasteiger charge is -2.29. The quantitative estimate of drug-likeness (QED) is 0.0564. The number of hydrogen-bond donors (Lipinski definition) is 5. The van der Waals surface area contributed by atoms with Crippen LogP contribution in [0.5, 0.6) is 0 Å². The number of imide groups is 1. The van der Waals surface area contributed by atoms with Crippen LogP contribution in [-0.2, 0) is 45.3 Å². The first kappa shape index (κ1) is 48.9. The molecule has 70 heavy (non-hydrogen) atoms. The highest BCUT2D eigenvalue weighted by Crippen LogP contribution is 2.36. The van der Waals surface area contributed by atoms with Gasteiger partial charge in [0.05, 0.1) is 56.0 Å². The molecule has 1 atom stereocenters. The minimum Gasteiger partial charge on any atom is -0.378 e. The van der Waals surface area contributed by atoms with Gasteiger partial charge in [-0.1, -0.05) is 35.0 Å². The van der Waals surface area contributed by atoms with Crippen LogP contribution in [0, 0.1) is 11.6 Å². The number of hydrogen-bond acceptors (Lipinski definition) is 13. The summed E-state index contributed by atoms with van der Waals surface area (Å²) in [5, 5.41) is 23.0. The van der Waals surface area contributed by atoms with Crippen LogP contribution in [-0.4, -0.2) is 97.5 Å². The number of anilines is 3. The molecule has 360 valence electrons. The minimum atomic E-state index is -0.746. The fraction of sp³-hybridized carbons (Fsp3) is 0.250. The van der Waals surface area contributed by atoms with Gasteiger partial charge in [0.25, 0.3) is 11.8 Å². The Morgan fingerprint density at radius 2 is 1.73 bits per heavy atom. The van der Waals surface area contributed by atoms with Crippen molar-refractivity contribution in [2.24, 2.45) is 4.99 Å². The molecule has 1 fully saturated rings. The fourth-order valence-corrected chi connectivity index (χ4v) is 8.38. The zero-order valence-corrected chi connectivity index (χ0v) is 38.7. The third kappa shape index (κ3) is 11.0. The number of ether oxygens (including phenoxy) is 1. The molecular weight excluding hydrogens is 950 g/mol. The molecule has 0 aliphatic carbocycles. The molecule has 2 aromatic heterocycles. The van der Waals surface area contributed by atoms with Crippen molar-refractivity contribution in [2.45, 2.75) is 51.5 Å². The highest BCUT2D eigenvalue weighted by molar-refractivity contribution is 6.31. The largest absolute Gasteiger partial charge is 0.378 e. The van der Waals surface area contributed by atoms with Crippen LogP contribution in [0.25, 0.3) is 11.3 Å². The molecule has 4 aromatic carbocycles. The summed E-state index contributed by atoms with van der Waals surface area (Å²) in [6.45, 7) is 2.46. The zero-order chi connectivity index (χ0) is 48.0. The maximum Gasteiger partial charge on any atom is 0.255 e. The van der Waals surface area contributed by atoms with Gasteiger partial charge in [-0.05, 0) is 67.1 Å². The van der Waals surface area contributed by atoms with Crippen molar-refractivity contribution < 1.29 is 37.5 Å². The van der Waals surface area contributed by atoms with Crippen LogP contribution < -0.4 is 26.6 Å². The van der Waals surface area contributed by atoms with Crippen molar-refractivity contribution >= 4 is 76.6 Å². The first-order chi connectivity index (χ1) is 33.5. The molecule has 5 heterocycles. The average molecular weight is 994 g/mol. The third-order valence-corrected chi connectivity index (χ3v) is 11.9. The first-order valence-electron chi connectivity index (χ1n) is 22.0. The van der Waals surface area contributed by atoms with Crippen molar-refractivity contribution in [3.63, 3.8) is 0 Å². The lowest BCUT2D eigenvalue weighted by atomic mass is 9.95. The molecule has 1 unspecified atom stereocenters. The van der Waals surface area contributed by atoms with E-state index >= 15 is 0 Å². The number of aromatic nitrogens is 5. The number of fused-ring (bicyclic) bond motifs is 4. The molecule has 0 saturated carbocycles. The van der Waals surface area contributed by atoms with Crippen LogP contribution in [0.15, 0.2) is 96.2 Å². The van der Waals surface area contributed by atoms with Crippen LogP contribution >= 0.6 is 24.0 Å². The van der Waals surface area contributed by atoms with Crippen LogP contribution in [0.1, 0.15) is 67.9 Å². The van der Waals surface area contributed by atoms with E-state index in [9.17, 15) is 32.8 Å². The number of halogens is 4. The molecule has 0 bridgehead atoms. The Hall–Kier alpha value is -7.52. The Balaban J connectivity index is 0.00000659. The molecule has 0 radical (unpaired) electrons. The fourth-order valence-electron chi connectivity index (χ4n) is 8.20.